The topological polar surface area (TPSA) is 84.5 Å². The lowest BCUT2D eigenvalue weighted by Crippen LogP contribution is -2.31. The molecule has 0 radical (unpaired) electrons. The van der Waals surface area contributed by atoms with E-state index in [0.717, 1.165) is 47.2 Å². The maximum Gasteiger partial charge on any atom is 0.246 e. The molecular formula is C36H34BrF2N3O4S. The van der Waals surface area contributed by atoms with Gasteiger partial charge in [-0.15, -0.1) is 0 Å². The first kappa shape index (κ1) is 32.9. The molecule has 0 bridgehead atoms. The van der Waals surface area contributed by atoms with E-state index in [-0.39, 0.29) is 18.9 Å². The molecule has 0 amide bonds. The van der Waals surface area contributed by atoms with Gasteiger partial charge in [0.1, 0.15) is 28.0 Å². The maximum absolute atomic E-state index is 15.9. The largest absolute Gasteiger partial charge is 0.497 e. The Kier molecular flexibility index (Phi) is 9.77. The van der Waals surface area contributed by atoms with Crippen molar-refractivity contribution in [2.75, 3.05) is 14.2 Å². The molecule has 11 heteroatoms. The number of hydrogen-bond acceptors (Lipinski definition) is 5. The number of hydrogen-bond donors (Lipinski definition) is 1. The minimum atomic E-state index is -4.28. The average molecular weight is 723 g/mol. The van der Waals surface area contributed by atoms with Crippen LogP contribution in [0.5, 0.6) is 11.5 Å². The summed E-state index contributed by atoms with van der Waals surface area (Å²) >= 11 is 3.26. The van der Waals surface area contributed by atoms with Crippen molar-refractivity contribution in [3.63, 3.8) is 0 Å². The minimum absolute atomic E-state index is 0.0235. The lowest BCUT2D eigenvalue weighted by molar-refractivity contribution is 0.395. The highest BCUT2D eigenvalue weighted by Crippen LogP contribution is 2.36. The van der Waals surface area contributed by atoms with Gasteiger partial charge in [0, 0.05) is 36.3 Å². The van der Waals surface area contributed by atoms with E-state index in [2.05, 4.69) is 26.1 Å². The van der Waals surface area contributed by atoms with Crippen LogP contribution in [0.3, 0.4) is 0 Å². The lowest BCUT2D eigenvalue weighted by Gasteiger charge is -2.23. The van der Waals surface area contributed by atoms with E-state index in [4.69, 9.17) is 9.47 Å². The number of nitrogens with zero attached hydrogens (tertiary/aromatic N) is 2. The first-order valence-electron chi connectivity index (χ1n) is 15.2. The van der Waals surface area contributed by atoms with Gasteiger partial charge in [-0.25, -0.2) is 17.2 Å². The van der Waals surface area contributed by atoms with Crippen LogP contribution < -0.4 is 9.47 Å². The van der Waals surface area contributed by atoms with Crippen LogP contribution in [0.1, 0.15) is 40.8 Å². The number of benzene rings is 4. The molecule has 1 heterocycles. The molecule has 1 aliphatic carbocycles. The highest BCUT2D eigenvalue weighted by molar-refractivity contribution is 9.10. The molecule has 47 heavy (non-hydrogen) atoms. The average Bonchev–Trinajstić information content (AvgIpc) is 3.81. The number of methoxy groups -OCH3 is 2. The predicted octanol–water partition coefficient (Wildman–Crippen LogP) is 8.07. The number of ether oxygens (including phenoxy) is 2. The van der Waals surface area contributed by atoms with Gasteiger partial charge in [0.15, 0.2) is 0 Å². The molecule has 0 unspecified atom stereocenters. The number of H-pyrrole nitrogens is 1. The third-order valence-corrected chi connectivity index (χ3v) is 10.8. The molecule has 1 saturated carbocycles. The summed E-state index contributed by atoms with van der Waals surface area (Å²) in [4.78, 5) is -0.406. The molecule has 5 aromatic rings. The Morgan fingerprint density at radius 1 is 0.830 bits per heavy atom. The molecule has 1 fully saturated rings. The van der Waals surface area contributed by atoms with Crippen molar-refractivity contribution in [2.24, 2.45) is 5.92 Å². The van der Waals surface area contributed by atoms with Crippen molar-refractivity contribution >= 4 is 26.0 Å². The second-order valence-electron chi connectivity index (χ2n) is 11.7. The normalized spacial score (nSPS) is 13.2. The SMILES string of the molecule is COc1ccc(CN(Cc2ccc(OC)cc2)S(=O)(=O)c2ccc(Cc3c(-c4ccc(F)c(Br)c4)n[nH]c3CC3CC3)cc2F)cc1. The van der Waals surface area contributed by atoms with Gasteiger partial charge in [0.2, 0.25) is 10.0 Å². The summed E-state index contributed by atoms with van der Waals surface area (Å²) in [5.74, 6) is 0.640. The van der Waals surface area contributed by atoms with Crippen LogP contribution in [0.4, 0.5) is 8.78 Å². The number of aromatic amines is 1. The van der Waals surface area contributed by atoms with E-state index in [1.807, 2.05) is 0 Å². The fraction of sp³-hybridized carbons (Fsp3) is 0.250. The molecular weight excluding hydrogens is 688 g/mol. The second-order valence-corrected chi connectivity index (χ2v) is 14.5. The first-order valence-corrected chi connectivity index (χ1v) is 17.4. The summed E-state index contributed by atoms with van der Waals surface area (Å²) in [5, 5.41) is 7.71. The Morgan fingerprint density at radius 2 is 1.43 bits per heavy atom. The third kappa shape index (κ3) is 7.58. The van der Waals surface area contributed by atoms with Crippen molar-refractivity contribution in [1.29, 1.82) is 0 Å². The lowest BCUT2D eigenvalue weighted by atomic mass is 9.97. The number of aromatic nitrogens is 2. The van der Waals surface area contributed by atoms with Crippen LogP contribution in [-0.4, -0.2) is 37.1 Å². The maximum atomic E-state index is 15.9. The summed E-state index contributed by atoms with van der Waals surface area (Å²) in [5.41, 5.74) is 5.25. The molecule has 244 valence electrons. The van der Waals surface area contributed by atoms with Crippen molar-refractivity contribution in [2.45, 2.75) is 43.7 Å². The van der Waals surface area contributed by atoms with E-state index < -0.39 is 20.7 Å². The summed E-state index contributed by atoms with van der Waals surface area (Å²) in [6.07, 6.45) is 3.41. The Bertz CT molecular complexity index is 1930. The molecule has 4 aromatic carbocycles. The zero-order valence-electron chi connectivity index (χ0n) is 26.0. The molecule has 0 spiro atoms. The molecule has 0 atom stereocenters. The predicted molar refractivity (Wildman–Crippen MR) is 180 cm³/mol. The van der Waals surface area contributed by atoms with E-state index in [1.54, 1.807) is 80.9 Å². The first-order chi connectivity index (χ1) is 22.6. The van der Waals surface area contributed by atoms with Crippen LogP contribution >= 0.6 is 15.9 Å². The molecule has 7 nitrogen and oxygen atoms in total. The van der Waals surface area contributed by atoms with Crippen LogP contribution in [-0.2, 0) is 36.0 Å². The van der Waals surface area contributed by atoms with Gasteiger partial charge in [-0.2, -0.15) is 9.40 Å². The quantitative estimate of drug-likeness (QED) is 0.133. The van der Waals surface area contributed by atoms with E-state index in [0.29, 0.717) is 39.6 Å². The fourth-order valence-electron chi connectivity index (χ4n) is 5.56. The summed E-state index contributed by atoms with van der Waals surface area (Å²) in [6, 6.07) is 23.2. The zero-order chi connectivity index (χ0) is 33.1. The summed E-state index contributed by atoms with van der Waals surface area (Å²) < 4.78 is 70.2. The third-order valence-electron chi connectivity index (χ3n) is 8.37. The standard InChI is InChI=1S/C36H34BrF2N3O4S/c1-45-28-11-5-24(6-12-28)21-42(22-25-7-13-29(46-2)14-8-25)47(43,44)35-16-9-26(18-33(35)39)17-30-34(19-23-3-4-23)40-41-36(30)27-10-15-32(38)31(37)20-27/h5-16,18,20,23H,3-4,17,19,21-22H2,1-2H3,(H,40,41). The number of rotatable bonds is 13. The molecule has 0 aliphatic heterocycles. The van der Waals surface area contributed by atoms with Gasteiger partial charge in [0.25, 0.3) is 0 Å². The van der Waals surface area contributed by atoms with Gasteiger partial charge in [0.05, 0.1) is 24.4 Å². The van der Waals surface area contributed by atoms with Crippen molar-refractivity contribution < 1.29 is 26.7 Å². The van der Waals surface area contributed by atoms with E-state index in [9.17, 15) is 12.8 Å². The molecule has 1 aliphatic rings. The summed E-state index contributed by atoms with van der Waals surface area (Å²) in [7, 11) is -1.16. The zero-order valence-corrected chi connectivity index (χ0v) is 28.4. The fourth-order valence-corrected chi connectivity index (χ4v) is 7.40. The smallest absolute Gasteiger partial charge is 0.246 e. The van der Waals surface area contributed by atoms with Crippen molar-refractivity contribution in [3.05, 3.63) is 129 Å². The van der Waals surface area contributed by atoms with Crippen LogP contribution in [0, 0.1) is 17.6 Å². The number of sulfonamides is 1. The van der Waals surface area contributed by atoms with Crippen LogP contribution in [0.15, 0.2) is 94.3 Å². The van der Waals surface area contributed by atoms with E-state index >= 15 is 4.39 Å². The van der Waals surface area contributed by atoms with Gasteiger partial charge >= 0.3 is 0 Å². The van der Waals surface area contributed by atoms with E-state index in [1.165, 1.54) is 22.5 Å². The molecule has 1 N–H and O–H groups in total. The highest BCUT2D eigenvalue weighted by atomic mass is 79.9. The molecule has 1 aromatic heterocycles. The van der Waals surface area contributed by atoms with Crippen molar-refractivity contribution in [1.82, 2.24) is 14.5 Å². The molecule has 0 saturated heterocycles. The summed E-state index contributed by atoms with van der Waals surface area (Å²) in [6.45, 7) is 0.0470. The van der Waals surface area contributed by atoms with Gasteiger partial charge in [-0.1, -0.05) is 30.3 Å². The Morgan fingerprint density at radius 3 is 1.96 bits per heavy atom. The number of nitrogens with one attached hydrogen (secondary N) is 1. The minimum Gasteiger partial charge on any atom is -0.497 e. The van der Waals surface area contributed by atoms with Gasteiger partial charge in [-0.3, -0.25) is 5.10 Å². The second kappa shape index (κ2) is 14.0. The van der Waals surface area contributed by atoms with Crippen molar-refractivity contribution in [3.8, 4) is 22.8 Å². The number of halogens is 3. The van der Waals surface area contributed by atoms with Gasteiger partial charge in [-0.05, 0) is 112 Å². The Labute approximate surface area is 281 Å². The van der Waals surface area contributed by atoms with Crippen LogP contribution in [0.25, 0.3) is 11.3 Å². The Balaban J connectivity index is 1.31. The molecule has 6 rings (SSSR count). The highest BCUT2D eigenvalue weighted by Gasteiger charge is 2.29. The van der Waals surface area contributed by atoms with Gasteiger partial charge < -0.3 is 9.47 Å². The Hall–Kier alpha value is -4.06. The monoisotopic (exact) mass is 721 g/mol. The van der Waals surface area contributed by atoms with Crippen LogP contribution in [0.2, 0.25) is 0 Å².